The highest BCUT2D eigenvalue weighted by atomic mass is 32.1. The maximum atomic E-state index is 13.9. The van der Waals surface area contributed by atoms with E-state index in [1.54, 1.807) is 16.7 Å². The van der Waals surface area contributed by atoms with Gasteiger partial charge in [0, 0.05) is 29.3 Å². The molecule has 11 heteroatoms. The number of non-ortho nitro benzene ring substituents is 1. The summed E-state index contributed by atoms with van der Waals surface area (Å²) in [4.78, 5) is 30.4. The molecule has 1 unspecified atom stereocenters. The molecule has 3 heterocycles. The van der Waals surface area contributed by atoms with Gasteiger partial charge in [-0.1, -0.05) is 65.9 Å². The number of allylic oxidation sites excluding steroid dienone is 1. The van der Waals surface area contributed by atoms with Gasteiger partial charge < -0.3 is 4.42 Å². The lowest BCUT2D eigenvalue weighted by molar-refractivity contribution is -0.384. The van der Waals surface area contributed by atoms with E-state index in [0.717, 1.165) is 46.2 Å². The molecule has 2 aliphatic rings. The number of nitro benzene ring substituents is 1. The van der Waals surface area contributed by atoms with Crippen molar-refractivity contribution in [3.05, 3.63) is 148 Å². The zero-order chi connectivity index (χ0) is 29.9. The number of alkyl halides is 3. The summed E-state index contributed by atoms with van der Waals surface area (Å²) in [6.45, 7) is 0. The summed E-state index contributed by atoms with van der Waals surface area (Å²) in [5.74, 6) is 0.228. The summed E-state index contributed by atoms with van der Waals surface area (Å²) in [5, 5.41) is 11.6. The van der Waals surface area contributed by atoms with Crippen molar-refractivity contribution in [3.8, 4) is 11.3 Å². The molecule has 0 radical (unpaired) electrons. The van der Waals surface area contributed by atoms with Crippen LogP contribution in [0.1, 0.15) is 40.5 Å². The Morgan fingerprint density at radius 2 is 1.74 bits per heavy atom. The highest BCUT2D eigenvalue weighted by Gasteiger charge is 2.35. The minimum atomic E-state index is -4.56. The predicted octanol–water partition coefficient (Wildman–Crippen LogP) is 6.51. The Morgan fingerprint density at radius 1 is 0.977 bits per heavy atom. The van der Waals surface area contributed by atoms with E-state index in [2.05, 4.69) is 0 Å². The van der Waals surface area contributed by atoms with Gasteiger partial charge in [-0.3, -0.25) is 19.5 Å². The molecule has 5 aromatic rings. The molecule has 0 saturated heterocycles. The number of halogens is 3. The van der Waals surface area contributed by atoms with E-state index in [1.165, 1.54) is 48.5 Å². The fourth-order valence-electron chi connectivity index (χ4n) is 5.78. The van der Waals surface area contributed by atoms with E-state index >= 15 is 0 Å². The summed E-state index contributed by atoms with van der Waals surface area (Å²) < 4.78 is 48.4. The number of hydrogen-bond donors (Lipinski definition) is 0. The van der Waals surface area contributed by atoms with Crippen LogP contribution in [-0.4, -0.2) is 9.49 Å². The molecule has 0 amide bonds. The van der Waals surface area contributed by atoms with Crippen LogP contribution in [0.5, 0.6) is 0 Å². The van der Waals surface area contributed by atoms with Crippen LogP contribution in [-0.2, 0) is 12.6 Å². The van der Waals surface area contributed by atoms with Crippen LogP contribution in [0, 0.1) is 10.1 Å². The molecular weight excluding hydrogens is 579 g/mol. The number of nitro groups is 1. The Bertz CT molecular complexity index is 2160. The molecular formula is C32H20F3N3O4S. The maximum absolute atomic E-state index is 13.9. The van der Waals surface area contributed by atoms with Gasteiger partial charge in [0.1, 0.15) is 11.5 Å². The fraction of sp³-hybridized carbons (Fsp3) is 0.125. The number of thiazole rings is 1. The molecule has 214 valence electrons. The molecule has 2 aromatic heterocycles. The molecule has 7 rings (SSSR count). The zero-order valence-electron chi connectivity index (χ0n) is 22.2. The van der Waals surface area contributed by atoms with Gasteiger partial charge in [-0.05, 0) is 47.7 Å². The predicted molar refractivity (Wildman–Crippen MR) is 155 cm³/mol. The first kappa shape index (κ1) is 26.8. The van der Waals surface area contributed by atoms with Crippen molar-refractivity contribution in [3.63, 3.8) is 0 Å². The number of nitrogens with zero attached hydrogens (tertiary/aromatic N) is 3. The Hall–Kier alpha value is -5.03. The lowest BCUT2D eigenvalue weighted by Gasteiger charge is -2.30. The van der Waals surface area contributed by atoms with E-state index in [4.69, 9.17) is 9.41 Å². The highest BCUT2D eigenvalue weighted by Crippen LogP contribution is 2.42. The monoisotopic (exact) mass is 599 g/mol. The average Bonchev–Trinajstić information content (AvgIpc) is 3.59. The minimum absolute atomic E-state index is 0.0218. The molecule has 0 spiro atoms. The fourth-order valence-corrected chi connectivity index (χ4v) is 6.76. The molecule has 0 N–H and O–H groups in total. The minimum Gasteiger partial charge on any atom is -0.457 e. The third kappa shape index (κ3) is 4.62. The van der Waals surface area contributed by atoms with Gasteiger partial charge in [0.25, 0.3) is 11.2 Å². The Balaban J connectivity index is 1.40. The molecule has 1 atom stereocenters. The number of rotatable bonds is 4. The number of furan rings is 1. The molecule has 0 fully saturated rings. The van der Waals surface area contributed by atoms with Gasteiger partial charge in [-0.15, -0.1) is 0 Å². The van der Waals surface area contributed by atoms with Gasteiger partial charge >= 0.3 is 6.18 Å². The van der Waals surface area contributed by atoms with Crippen LogP contribution in [0.3, 0.4) is 0 Å². The van der Waals surface area contributed by atoms with Crippen LogP contribution >= 0.6 is 11.3 Å². The van der Waals surface area contributed by atoms with Crippen molar-refractivity contribution in [2.45, 2.75) is 25.1 Å². The molecule has 1 aliphatic heterocycles. The van der Waals surface area contributed by atoms with E-state index in [0.29, 0.717) is 16.8 Å². The normalized spacial score (nSPS) is 16.3. The molecule has 0 bridgehead atoms. The van der Waals surface area contributed by atoms with E-state index in [9.17, 15) is 28.1 Å². The highest BCUT2D eigenvalue weighted by molar-refractivity contribution is 7.07. The van der Waals surface area contributed by atoms with E-state index in [1.807, 2.05) is 24.3 Å². The first-order valence-corrected chi connectivity index (χ1v) is 14.1. The van der Waals surface area contributed by atoms with Crippen molar-refractivity contribution >= 4 is 28.8 Å². The lowest BCUT2D eigenvalue weighted by Crippen LogP contribution is -2.38. The van der Waals surface area contributed by atoms with Crippen LogP contribution in [0.25, 0.3) is 23.1 Å². The standard InChI is InChI=1S/C32H20F3N3O4S/c33-32(34,35)25-11-4-3-10-23(25)26-15-13-21(42-26)17-27-30(39)37-29(19-7-5-8-20(16-19)38(40)41)24-14-12-18-6-1-2-9-22(18)28(24)36-31(37)43-27/h1-11,13,15-17,29H,12,14H2/b27-17-. The third-order valence-electron chi connectivity index (χ3n) is 7.67. The second-order valence-corrected chi connectivity index (χ2v) is 11.2. The topological polar surface area (TPSA) is 90.6 Å². The van der Waals surface area contributed by atoms with Gasteiger partial charge in [0.05, 0.1) is 26.8 Å². The maximum Gasteiger partial charge on any atom is 0.417 e. The summed E-state index contributed by atoms with van der Waals surface area (Å²) in [7, 11) is 0. The quantitative estimate of drug-likeness (QED) is 0.174. The molecule has 43 heavy (non-hydrogen) atoms. The first-order valence-electron chi connectivity index (χ1n) is 13.3. The largest absolute Gasteiger partial charge is 0.457 e. The van der Waals surface area contributed by atoms with Crippen molar-refractivity contribution in [2.75, 3.05) is 0 Å². The van der Waals surface area contributed by atoms with Crippen molar-refractivity contribution in [1.82, 2.24) is 4.57 Å². The van der Waals surface area contributed by atoms with Crippen LogP contribution in [0.4, 0.5) is 18.9 Å². The molecule has 7 nitrogen and oxygen atoms in total. The molecule has 3 aromatic carbocycles. The van der Waals surface area contributed by atoms with Crippen LogP contribution < -0.4 is 14.9 Å². The summed E-state index contributed by atoms with van der Waals surface area (Å²) in [6, 6.07) is 21.6. The summed E-state index contributed by atoms with van der Waals surface area (Å²) in [5.41, 5.74) is 2.92. The van der Waals surface area contributed by atoms with E-state index < -0.39 is 22.7 Å². The zero-order valence-corrected chi connectivity index (χ0v) is 23.0. The summed E-state index contributed by atoms with van der Waals surface area (Å²) in [6.07, 6.45) is -1.72. The van der Waals surface area contributed by atoms with Crippen molar-refractivity contribution in [2.24, 2.45) is 4.99 Å². The second kappa shape index (κ2) is 10.1. The van der Waals surface area contributed by atoms with Crippen LogP contribution in [0.2, 0.25) is 0 Å². The SMILES string of the molecule is O=c1/c(=C/c2ccc(-c3ccccc3C(F)(F)F)o2)sc2n1C(c1cccc([N+](=O)[O-])c1)C1=C(N=2)c2ccccc2CC1. The summed E-state index contributed by atoms with van der Waals surface area (Å²) >= 11 is 1.13. The van der Waals surface area contributed by atoms with Crippen molar-refractivity contribution < 1.29 is 22.5 Å². The molecule has 1 aliphatic carbocycles. The first-order chi connectivity index (χ1) is 20.7. The second-order valence-electron chi connectivity index (χ2n) is 10.2. The number of hydrogen-bond acceptors (Lipinski definition) is 6. The van der Waals surface area contributed by atoms with Gasteiger partial charge in [0.15, 0.2) is 4.80 Å². The van der Waals surface area contributed by atoms with Gasteiger partial charge in [0.2, 0.25) is 0 Å². The number of benzene rings is 3. The Kier molecular flexibility index (Phi) is 6.28. The number of fused-ring (bicyclic) bond motifs is 3. The third-order valence-corrected chi connectivity index (χ3v) is 8.65. The van der Waals surface area contributed by atoms with Crippen LogP contribution in [0.15, 0.2) is 105 Å². The van der Waals surface area contributed by atoms with Gasteiger partial charge in [-0.2, -0.15) is 13.2 Å². The average molecular weight is 600 g/mol. The number of aromatic nitrogens is 1. The van der Waals surface area contributed by atoms with Crippen molar-refractivity contribution in [1.29, 1.82) is 0 Å². The smallest absolute Gasteiger partial charge is 0.417 e. The number of aryl methyl sites for hydroxylation is 1. The van der Waals surface area contributed by atoms with E-state index in [-0.39, 0.29) is 32.9 Å². The Labute approximate surface area is 245 Å². The molecule has 0 saturated carbocycles. The lowest BCUT2D eigenvalue weighted by atomic mass is 9.83. The van der Waals surface area contributed by atoms with Gasteiger partial charge in [-0.25, -0.2) is 4.99 Å². The Morgan fingerprint density at radius 3 is 2.53 bits per heavy atom.